The SMILES string of the molecule is Cc1ccc(C(=O)c2cccc(N(C)C)c2)cc1Cl. The van der Waals surface area contributed by atoms with Crippen molar-refractivity contribution in [2.24, 2.45) is 0 Å². The highest BCUT2D eigenvalue weighted by Crippen LogP contribution is 2.21. The molecule has 2 nitrogen and oxygen atoms in total. The first-order valence-corrected chi connectivity index (χ1v) is 6.45. The Kier molecular flexibility index (Phi) is 3.91. The van der Waals surface area contributed by atoms with Gasteiger partial charge in [-0.05, 0) is 30.7 Å². The van der Waals surface area contributed by atoms with Gasteiger partial charge in [0.25, 0.3) is 0 Å². The average molecular weight is 274 g/mol. The molecule has 19 heavy (non-hydrogen) atoms. The lowest BCUT2D eigenvalue weighted by Gasteiger charge is -2.13. The van der Waals surface area contributed by atoms with Crippen LogP contribution in [0.25, 0.3) is 0 Å². The quantitative estimate of drug-likeness (QED) is 0.790. The van der Waals surface area contributed by atoms with Crippen molar-refractivity contribution >= 4 is 23.1 Å². The number of hydrogen-bond donors (Lipinski definition) is 0. The summed E-state index contributed by atoms with van der Waals surface area (Å²) in [5, 5.41) is 0.620. The fourth-order valence-corrected chi connectivity index (χ4v) is 2.01. The molecule has 0 bridgehead atoms. The summed E-state index contributed by atoms with van der Waals surface area (Å²) in [5.41, 5.74) is 3.27. The third kappa shape index (κ3) is 2.96. The molecule has 2 aromatic rings. The van der Waals surface area contributed by atoms with Gasteiger partial charge in [0.05, 0.1) is 0 Å². The lowest BCUT2D eigenvalue weighted by atomic mass is 10.0. The average Bonchev–Trinajstić information content (AvgIpc) is 2.41. The Morgan fingerprint density at radius 2 is 1.74 bits per heavy atom. The van der Waals surface area contributed by atoms with Gasteiger partial charge in [-0.15, -0.1) is 0 Å². The minimum absolute atomic E-state index is 0.00870. The molecule has 0 heterocycles. The monoisotopic (exact) mass is 273 g/mol. The van der Waals surface area contributed by atoms with Gasteiger partial charge in [-0.2, -0.15) is 0 Å². The van der Waals surface area contributed by atoms with E-state index in [2.05, 4.69) is 0 Å². The summed E-state index contributed by atoms with van der Waals surface area (Å²) in [6.45, 7) is 1.92. The number of carbonyl (C=O) groups excluding carboxylic acids is 1. The summed E-state index contributed by atoms with van der Waals surface area (Å²) in [7, 11) is 3.90. The fraction of sp³-hybridized carbons (Fsp3) is 0.188. The van der Waals surface area contributed by atoms with Gasteiger partial charge >= 0.3 is 0 Å². The van der Waals surface area contributed by atoms with E-state index < -0.39 is 0 Å². The number of benzene rings is 2. The van der Waals surface area contributed by atoms with E-state index in [1.54, 1.807) is 6.07 Å². The molecule has 0 saturated heterocycles. The maximum Gasteiger partial charge on any atom is 0.193 e. The molecule has 0 atom stereocenters. The van der Waals surface area contributed by atoms with Crippen molar-refractivity contribution in [3.63, 3.8) is 0 Å². The minimum Gasteiger partial charge on any atom is -0.378 e. The van der Waals surface area contributed by atoms with Gasteiger partial charge in [-0.3, -0.25) is 4.79 Å². The Morgan fingerprint density at radius 1 is 1.05 bits per heavy atom. The molecule has 0 aliphatic carbocycles. The third-order valence-corrected chi connectivity index (χ3v) is 3.47. The Labute approximate surface area is 118 Å². The van der Waals surface area contributed by atoms with Crippen molar-refractivity contribution in [3.05, 3.63) is 64.2 Å². The van der Waals surface area contributed by atoms with E-state index in [9.17, 15) is 4.79 Å². The first-order chi connectivity index (χ1) is 8.99. The number of anilines is 1. The smallest absolute Gasteiger partial charge is 0.193 e. The number of carbonyl (C=O) groups is 1. The lowest BCUT2D eigenvalue weighted by molar-refractivity contribution is 0.103. The zero-order valence-corrected chi connectivity index (χ0v) is 12.0. The van der Waals surface area contributed by atoms with Crippen LogP contribution in [0.15, 0.2) is 42.5 Å². The molecule has 3 heteroatoms. The zero-order valence-electron chi connectivity index (χ0n) is 11.3. The molecule has 0 unspecified atom stereocenters. The lowest BCUT2D eigenvalue weighted by Crippen LogP contribution is -2.10. The summed E-state index contributed by atoms with van der Waals surface area (Å²) in [6.07, 6.45) is 0. The standard InChI is InChI=1S/C16H16ClNO/c1-11-7-8-13(10-15(11)17)16(19)12-5-4-6-14(9-12)18(2)3/h4-10H,1-3H3. The summed E-state index contributed by atoms with van der Waals surface area (Å²) >= 11 is 6.07. The van der Waals surface area contributed by atoms with Gasteiger partial charge in [0, 0.05) is 35.9 Å². The molecule has 0 aliphatic rings. The van der Waals surface area contributed by atoms with Crippen LogP contribution < -0.4 is 4.90 Å². The van der Waals surface area contributed by atoms with Crippen molar-refractivity contribution in [1.29, 1.82) is 0 Å². The van der Waals surface area contributed by atoms with E-state index >= 15 is 0 Å². The van der Waals surface area contributed by atoms with Crippen LogP contribution in [0.1, 0.15) is 21.5 Å². The first-order valence-electron chi connectivity index (χ1n) is 6.07. The van der Waals surface area contributed by atoms with Gasteiger partial charge in [-0.1, -0.05) is 35.9 Å². The van der Waals surface area contributed by atoms with Gasteiger partial charge in [-0.25, -0.2) is 0 Å². The predicted molar refractivity (Wildman–Crippen MR) is 80.4 cm³/mol. The van der Waals surface area contributed by atoms with Crippen LogP contribution >= 0.6 is 11.6 Å². The normalized spacial score (nSPS) is 10.3. The Morgan fingerprint density at radius 3 is 2.37 bits per heavy atom. The van der Waals surface area contributed by atoms with Gasteiger partial charge in [0.1, 0.15) is 0 Å². The van der Waals surface area contributed by atoms with Gasteiger partial charge in [0.15, 0.2) is 5.78 Å². The molecule has 0 saturated carbocycles. The van der Waals surface area contributed by atoms with Crippen molar-refractivity contribution in [2.75, 3.05) is 19.0 Å². The fourth-order valence-electron chi connectivity index (χ4n) is 1.83. The second-order valence-corrected chi connectivity index (χ2v) is 5.15. The summed E-state index contributed by atoms with van der Waals surface area (Å²) in [4.78, 5) is 14.4. The van der Waals surface area contributed by atoms with E-state index in [0.717, 1.165) is 11.3 Å². The molecule has 98 valence electrons. The Balaban J connectivity index is 2.38. The number of ketones is 1. The van der Waals surface area contributed by atoms with Gasteiger partial charge < -0.3 is 4.90 Å². The van der Waals surface area contributed by atoms with Gasteiger partial charge in [0.2, 0.25) is 0 Å². The van der Waals surface area contributed by atoms with Crippen LogP contribution in [0, 0.1) is 6.92 Å². The molecule has 0 fully saturated rings. The number of aryl methyl sites for hydroxylation is 1. The minimum atomic E-state index is -0.00870. The predicted octanol–water partition coefficient (Wildman–Crippen LogP) is 3.95. The van der Waals surface area contributed by atoms with E-state index in [1.807, 2.05) is 62.3 Å². The van der Waals surface area contributed by atoms with E-state index in [-0.39, 0.29) is 5.78 Å². The van der Waals surface area contributed by atoms with E-state index in [1.165, 1.54) is 0 Å². The van der Waals surface area contributed by atoms with Crippen LogP contribution in [-0.4, -0.2) is 19.9 Å². The maximum absolute atomic E-state index is 12.4. The largest absolute Gasteiger partial charge is 0.378 e. The highest BCUT2D eigenvalue weighted by molar-refractivity contribution is 6.31. The van der Waals surface area contributed by atoms with Crippen LogP contribution in [0.3, 0.4) is 0 Å². The van der Waals surface area contributed by atoms with E-state index in [0.29, 0.717) is 16.1 Å². The van der Waals surface area contributed by atoms with Crippen molar-refractivity contribution in [1.82, 2.24) is 0 Å². The van der Waals surface area contributed by atoms with E-state index in [4.69, 9.17) is 11.6 Å². The van der Waals surface area contributed by atoms with Crippen LogP contribution in [-0.2, 0) is 0 Å². The van der Waals surface area contributed by atoms with Crippen molar-refractivity contribution in [3.8, 4) is 0 Å². The van der Waals surface area contributed by atoms with Crippen LogP contribution in [0.2, 0.25) is 5.02 Å². The summed E-state index contributed by atoms with van der Waals surface area (Å²) in [5.74, 6) is -0.00870. The number of halogens is 1. The number of hydrogen-bond acceptors (Lipinski definition) is 2. The zero-order chi connectivity index (χ0) is 14.0. The second-order valence-electron chi connectivity index (χ2n) is 4.74. The second kappa shape index (κ2) is 5.45. The van der Waals surface area contributed by atoms with Crippen molar-refractivity contribution < 1.29 is 4.79 Å². The van der Waals surface area contributed by atoms with Crippen LogP contribution in [0.4, 0.5) is 5.69 Å². The molecular formula is C16H16ClNO. The molecule has 0 spiro atoms. The molecular weight excluding hydrogens is 258 g/mol. The molecule has 0 amide bonds. The highest BCUT2D eigenvalue weighted by atomic mass is 35.5. The van der Waals surface area contributed by atoms with Crippen molar-refractivity contribution in [2.45, 2.75) is 6.92 Å². The Hall–Kier alpha value is -1.80. The number of nitrogens with zero attached hydrogens (tertiary/aromatic N) is 1. The number of rotatable bonds is 3. The topological polar surface area (TPSA) is 20.3 Å². The maximum atomic E-state index is 12.4. The molecule has 0 aliphatic heterocycles. The third-order valence-electron chi connectivity index (χ3n) is 3.06. The van der Waals surface area contributed by atoms with Crippen LogP contribution in [0.5, 0.6) is 0 Å². The highest BCUT2D eigenvalue weighted by Gasteiger charge is 2.11. The molecule has 0 radical (unpaired) electrons. The summed E-state index contributed by atoms with van der Waals surface area (Å²) < 4.78 is 0. The molecule has 0 N–H and O–H groups in total. The molecule has 2 aromatic carbocycles. The Bertz CT molecular complexity index is 620. The molecule has 2 rings (SSSR count). The summed E-state index contributed by atoms with van der Waals surface area (Å²) in [6, 6.07) is 13.0. The molecule has 0 aromatic heterocycles. The first kappa shape index (κ1) is 13.6.